The molecule has 1 aromatic heterocycles. The Kier molecular flexibility index (Phi) is 4.15. The summed E-state index contributed by atoms with van der Waals surface area (Å²) in [6, 6.07) is 8.37. The van der Waals surface area contributed by atoms with Crippen molar-refractivity contribution in [3.63, 3.8) is 0 Å². The number of aromatic nitrogens is 2. The monoisotopic (exact) mass is 342 g/mol. The summed E-state index contributed by atoms with van der Waals surface area (Å²) >= 11 is 2.49. The molecule has 17 heavy (non-hydrogen) atoms. The van der Waals surface area contributed by atoms with E-state index in [1.54, 1.807) is 6.92 Å². The lowest BCUT2D eigenvalue weighted by Crippen LogP contribution is -1.89. The Balaban J connectivity index is 2.18. The smallest absolute Gasteiger partial charge is 0.247 e. The highest BCUT2D eigenvalue weighted by molar-refractivity contribution is 14.1. The lowest BCUT2D eigenvalue weighted by molar-refractivity contribution is 0.533. The van der Waals surface area contributed by atoms with Crippen LogP contribution in [0.25, 0.3) is 11.5 Å². The molecule has 0 spiro atoms. The summed E-state index contributed by atoms with van der Waals surface area (Å²) in [5, 5.41) is 7.84. The average Bonchev–Trinajstić information content (AvgIpc) is 2.76. The van der Waals surface area contributed by atoms with Crippen LogP contribution >= 0.6 is 22.6 Å². The lowest BCUT2D eigenvalue weighted by Gasteiger charge is -2.08. The maximum atomic E-state index is 5.39. The van der Waals surface area contributed by atoms with Crippen molar-refractivity contribution in [2.24, 2.45) is 0 Å². The molecule has 90 valence electrons. The molecule has 1 heterocycles. The van der Waals surface area contributed by atoms with Crippen molar-refractivity contribution in [1.82, 2.24) is 10.2 Å². The maximum absolute atomic E-state index is 5.39. The van der Waals surface area contributed by atoms with Crippen LogP contribution in [0.2, 0.25) is 0 Å². The number of nitrogens with zero attached hydrogens (tertiary/aromatic N) is 2. The molecule has 4 heteroatoms. The van der Waals surface area contributed by atoms with Gasteiger partial charge in [0.1, 0.15) is 0 Å². The maximum Gasteiger partial charge on any atom is 0.247 e. The van der Waals surface area contributed by atoms with Crippen LogP contribution in [-0.2, 0) is 0 Å². The number of rotatable bonds is 4. The molecule has 0 saturated heterocycles. The molecular formula is C13H15IN2O. The number of halogens is 1. The first-order valence-electron chi connectivity index (χ1n) is 5.75. The zero-order valence-electron chi connectivity index (χ0n) is 9.98. The fourth-order valence-corrected chi connectivity index (χ4v) is 2.71. The summed E-state index contributed by atoms with van der Waals surface area (Å²) in [4.78, 5) is 0. The third-order valence-corrected chi connectivity index (χ3v) is 3.93. The Morgan fingerprint density at radius 1 is 1.24 bits per heavy atom. The SMILES string of the molecule is CCCC(I)c1ccc(-c2nnc(C)o2)cc1. The van der Waals surface area contributed by atoms with Gasteiger partial charge in [-0.15, -0.1) is 10.2 Å². The second-order valence-corrected chi connectivity index (χ2v) is 5.51. The van der Waals surface area contributed by atoms with E-state index in [4.69, 9.17) is 4.42 Å². The third-order valence-electron chi connectivity index (χ3n) is 2.59. The van der Waals surface area contributed by atoms with Crippen molar-refractivity contribution in [2.45, 2.75) is 30.6 Å². The van der Waals surface area contributed by atoms with Gasteiger partial charge in [0.15, 0.2) is 0 Å². The Hall–Kier alpha value is -0.910. The van der Waals surface area contributed by atoms with E-state index in [9.17, 15) is 0 Å². The first kappa shape index (κ1) is 12.5. The van der Waals surface area contributed by atoms with Crippen molar-refractivity contribution < 1.29 is 4.42 Å². The number of aryl methyl sites for hydroxylation is 1. The highest BCUT2D eigenvalue weighted by atomic mass is 127. The Bertz CT molecular complexity index is 478. The number of alkyl halides is 1. The van der Waals surface area contributed by atoms with Crippen LogP contribution in [-0.4, -0.2) is 10.2 Å². The van der Waals surface area contributed by atoms with Crippen LogP contribution in [0.5, 0.6) is 0 Å². The van der Waals surface area contributed by atoms with Crippen LogP contribution in [0.4, 0.5) is 0 Å². The second-order valence-electron chi connectivity index (χ2n) is 4.00. The second kappa shape index (κ2) is 5.62. The Labute approximate surface area is 115 Å². The number of hydrogen-bond acceptors (Lipinski definition) is 3. The van der Waals surface area contributed by atoms with Gasteiger partial charge in [0.25, 0.3) is 0 Å². The van der Waals surface area contributed by atoms with Crippen molar-refractivity contribution in [3.05, 3.63) is 35.7 Å². The van der Waals surface area contributed by atoms with Gasteiger partial charge in [0, 0.05) is 16.4 Å². The topological polar surface area (TPSA) is 38.9 Å². The molecule has 0 radical (unpaired) electrons. The summed E-state index contributed by atoms with van der Waals surface area (Å²) in [6.07, 6.45) is 2.41. The minimum Gasteiger partial charge on any atom is -0.421 e. The molecule has 3 nitrogen and oxygen atoms in total. The van der Waals surface area contributed by atoms with E-state index in [0.29, 0.717) is 15.7 Å². The van der Waals surface area contributed by atoms with Crippen LogP contribution in [0.15, 0.2) is 28.7 Å². The summed E-state index contributed by atoms with van der Waals surface area (Å²) in [5.41, 5.74) is 2.34. The standard InChI is InChI=1S/C13H15IN2O/c1-3-4-12(14)10-5-7-11(8-6-10)13-16-15-9(2)17-13/h5-8,12H,3-4H2,1-2H3. The van der Waals surface area contributed by atoms with E-state index in [1.165, 1.54) is 18.4 Å². The highest BCUT2D eigenvalue weighted by Gasteiger charge is 2.08. The fourth-order valence-electron chi connectivity index (χ4n) is 1.67. The zero-order valence-corrected chi connectivity index (χ0v) is 12.1. The van der Waals surface area contributed by atoms with Gasteiger partial charge in [0.2, 0.25) is 11.8 Å². The van der Waals surface area contributed by atoms with Gasteiger partial charge in [-0.05, 0) is 24.1 Å². The molecule has 0 fully saturated rings. The first-order valence-corrected chi connectivity index (χ1v) is 6.99. The fraction of sp³-hybridized carbons (Fsp3) is 0.385. The van der Waals surface area contributed by atoms with E-state index >= 15 is 0 Å². The van der Waals surface area contributed by atoms with E-state index in [-0.39, 0.29) is 0 Å². The van der Waals surface area contributed by atoms with Gasteiger partial charge in [-0.25, -0.2) is 0 Å². The van der Waals surface area contributed by atoms with Gasteiger partial charge in [-0.2, -0.15) is 0 Å². The van der Waals surface area contributed by atoms with Gasteiger partial charge < -0.3 is 4.42 Å². The van der Waals surface area contributed by atoms with E-state index in [0.717, 1.165) is 5.56 Å². The number of benzene rings is 1. The van der Waals surface area contributed by atoms with Gasteiger partial charge >= 0.3 is 0 Å². The molecule has 2 aromatic rings. The Morgan fingerprint density at radius 3 is 2.47 bits per heavy atom. The molecule has 1 unspecified atom stereocenters. The summed E-state index contributed by atoms with van der Waals surface area (Å²) in [6.45, 7) is 4.01. The molecule has 0 bridgehead atoms. The zero-order chi connectivity index (χ0) is 12.3. The molecule has 2 rings (SSSR count). The predicted octanol–water partition coefficient (Wildman–Crippen LogP) is 4.32. The summed E-state index contributed by atoms with van der Waals surface area (Å²) in [5.74, 6) is 1.19. The van der Waals surface area contributed by atoms with Gasteiger partial charge in [0.05, 0.1) is 0 Å². The molecule has 0 aliphatic rings. The van der Waals surface area contributed by atoms with E-state index in [2.05, 4.69) is 51.8 Å². The average molecular weight is 342 g/mol. The van der Waals surface area contributed by atoms with E-state index < -0.39 is 0 Å². The predicted molar refractivity (Wildman–Crippen MR) is 76.1 cm³/mol. The van der Waals surface area contributed by atoms with Crippen LogP contribution in [0.3, 0.4) is 0 Å². The molecule has 0 saturated carbocycles. The quantitative estimate of drug-likeness (QED) is 0.614. The molecule has 0 aliphatic heterocycles. The minimum absolute atomic E-state index is 0.580. The normalized spacial score (nSPS) is 12.6. The molecule has 1 atom stereocenters. The molecule has 0 aliphatic carbocycles. The summed E-state index contributed by atoms with van der Waals surface area (Å²) in [7, 11) is 0. The third kappa shape index (κ3) is 3.06. The molecule has 0 N–H and O–H groups in total. The summed E-state index contributed by atoms with van der Waals surface area (Å²) < 4.78 is 5.97. The van der Waals surface area contributed by atoms with Gasteiger partial charge in [-0.3, -0.25) is 0 Å². The largest absolute Gasteiger partial charge is 0.421 e. The molecular weight excluding hydrogens is 327 g/mol. The Morgan fingerprint density at radius 2 is 1.94 bits per heavy atom. The van der Waals surface area contributed by atoms with Crippen molar-refractivity contribution in [2.75, 3.05) is 0 Å². The van der Waals surface area contributed by atoms with Crippen molar-refractivity contribution in [3.8, 4) is 11.5 Å². The number of hydrogen-bond donors (Lipinski definition) is 0. The molecule has 1 aromatic carbocycles. The van der Waals surface area contributed by atoms with E-state index in [1.807, 2.05) is 12.1 Å². The highest BCUT2D eigenvalue weighted by Crippen LogP contribution is 2.29. The lowest BCUT2D eigenvalue weighted by atomic mass is 10.1. The van der Waals surface area contributed by atoms with Gasteiger partial charge in [-0.1, -0.05) is 48.1 Å². The van der Waals surface area contributed by atoms with Crippen LogP contribution in [0, 0.1) is 6.92 Å². The molecule has 0 amide bonds. The van der Waals surface area contributed by atoms with Crippen LogP contribution in [0.1, 0.15) is 35.1 Å². The van der Waals surface area contributed by atoms with Crippen molar-refractivity contribution in [1.29, 1.82) is 0 Å². The van der Waals surface area contributed by atoms with Crippen LogP contribution < -0.4 is 0 Å². The van der Waals surface area contributed by atoms with Crippen molar-refractivity contribution >= 4 is 22.6 Å². The minimum atomic E-state index is 0.580. The first-order chi connectivity index (χ1) is 8.20.